The van der Waals surface area contributed by atoms with Crippen molar-refractivity contribution in [2.75, 3.05) is 7.05 Å². The van der Waals surface area contributed by atoms with Crippen LogP contribution in [0.4, 0.5) is 0 Å². The Bertz CT molecular complexity index is 641. The lowest BCUT2D eigenvalue weighted by atomic mass is 9.92. The van der Waals surface area contributed by atoms with E-state index in [2.05, 4.69) is 10.0 Å². The number of hydrogen-bond donors (Lipinski definition) is 2. The monoisotopic (exact) mass is 307 g/mol. The van der Waals surface area contributed by atoms with Gasteiger partial charge >= 0.3 is 0 Å². The average Bonchev–Trinajstić information content (AvgIpc) is 2.48. The van der Waals surface area contributed by atoms with E-state index in [1.165, 1.54) is 6.07 Å². The Kier molecular flexibility index (Phi) is 4.99. The average molecular weight is 307 g/mol. The number of sulfonamides is 1. The van der Waals surface area contributed by atoms with E-state index in [1.807, 2.05) is 13.1 Å². The topological polar surface area (TPSA) is 82.0 Å². The predicted octanol–water partition coefficient (Wildman–Crippen LogP) is 1.68. The Hall–Kier alpha value is -1.42. The molecule has 5 nitrogen and oxygen atoms in total. The number of hydrogen-bond acceptors (Lipinski definition) is 4. The van der Waals surface area contributed by atoms with Gasteiger partial charge < -0.3 is 5.32 Å². The summed E-state index contributed by atoms with van der Waals surface area (Å²) < 4.78 is 27.8. The van der Waals surface area contributed by atoms with Gasteiger partial charge in [0.1, 0.15) is 0 Å². The van der Waals surface area contributed by atoms with Crippen LogP contribution < -0.4 is 10.0 Å². The van der Waals surface area contributed by atoms with Crippen LogP contribution in [0.1, 0.15) is 36.8 Å². The van der Waals surface area contributed by atoms with Crippen molar-refractivity contribution in [3.63, 3.8) is 0 Å². The molecule has 6 heteroatoms. The highest BCUT2D eigenvalue weighted by molar-refractivity contribution is 7.89. The molecular formula is C15H21N3O2S. The summed E-state index contributed by atoms with van der Waals surface area (Å²) in [4.78, 5) is 0.206. The number of aryl methyl sites for hydroxylation is 1. The van der Waals surface area contributed by atoms with Gasteiger partial charge in [0.15, 0.2) is 0 Å². The maximum Gasteiger partial charge on any atom is 0.241 e. The van der Waals surface area contributed by atoms with Crippen molar-refractivity contribution in [2.45, 2.75) is 49.6 Å². The van der Waals surface area contributed by atoms with Crippen LogP contribution in [-0.2, 0) is 10.0 Å². The molecule has 0 radical (unpaired) electrons. The molecule has 0 heterocycles. The van der Waals surface area contributed by atoms with Gasteiger partial charge in [-0.2, -0.15) is 5.26 Å². The lowest BCUT2D eigenvalue weighted by Crippen LogP contribution is -2.41. The van der Waals surface area contributed by atoms with Crippen LogP contribution in [0, 0.1) is 18.3 Å². The molecule has 1 saturated carbocycles. The first-order valence-corrected chi connectivity index (χ1v) is 8.65. The van der Waals surface area contributed by atoms with Gasteiger partial charge in [0, 0.05) is 12.1 Å². The second kappa shape index (κ2) is 6.56. The standard InChI is InChI=1S/C15H21N3O2S/c1-11-3-4-12(10-16)9-15(11)21(19,20)18-14-7-5-13(17-2)6-8-14/h3-4,9,13-14,17-18H,5-8H2,1-2H3. The van der Waals surface area contributed by atoms with Crippen LogP contribution in [0.15, 0.2) is 23.1 Å². The van der Waals surface area contributed by atoms with Gasteiger partial charge in [-0.1, -0.05) is 6.07 Å². The van der Waals surface area contributed by atoms with Crippen molar-refractivity contribution < 1.29 is 8.42 Å². The molecule has 1 aromatic rings. The molecule has 1 aromatic carbocycles. The van der Waals surface area contributed by atoms with Gasteiger partial charge in [-0.25, -0.2) is 13.1 Å². The second-order valence-electron chi connectivity index (χ2n) is 5.55. The molecule has 0 aromatic heterocycles. The fourth-order valence-corrected chi connectivity index (χ4v) is 4.32. The van der Waals surface area contributed by atoms with Crippen molar-refractivity contribution in [3.8, 4) is 6.07 Å². The summed E-state index contributed by atoms with van der Waals surface area (Å²) >= 11 is 0. The van der Waals surface area contributed by atoms with Crippen molar-refractivity contribution in [1.82, 2.24) is 10.0 Å². The third-order valence-electron chi connectivity index (χ3n) is 4.06. The Labute approximate surface area is 126 Å². The molecule has 21 heavy (non-hydrogen) atoms. The molecule has 0 spiro atoms. The van der Waals surface area contributed by atoms with Crippen LogP contribution in [-0.4, -0.2) is 27.5 Å². The summed E-state index contributed by atoms with van der Waals surface area (Å²) in [6.45, 7) is 1.74. The largest absolute Gasteiger partial charge is 0.317 e. The molecule has 1 aliphatic carbocycles. The highest BCUT2D eigenvalue weighted by atomic mass is 32.2. The molecule has 114 valence electrons. The van der Waals surface area contributed by atoms with Gasteiger partial charge in [-0.05, 0) is 57.4 Å². The highest BCUT2D eigenvalue weighted by Gasteiger charge is 2.26. The van der Waals surface area contributed by atoms with Crippen LogP contribution in [0.5, 0.6) is 0 Å². The van der Waals surface area contributed by atoms with E-state index >= 15 is 0 Å². The van der Waals surface area contributed by atoms with E-state index in [-0.39, 0.29) is 10.9 Å². The molecule has 0 bridgehead atoms. The highest BCUT2D eigenvalue weighted by Crippen LogP contribution is 2.22. The van der Waals surface area contributed by atoms with E-state index in [0.717, 1.165) is 25.7 Å². The molecule has 1 aliphatic rings. The van der Waals surface area contributed by atoms with Gasteiger partial charge in [-0.3, -0.25) is 0 Å². The Morgan fingerprint density at radius 3 is 2.38 bits per heavy atom. The first-order valence-electron chi connectivity index (χ1n) is 7.16. The number of nitrogens with one attached hydrogen (secondary N) is 2. The molecule has 2 rings (SSSR count). The van der Waals surface area contributed by atoms with Crippen molar-refractivity contribution in [2.24, 2.45) is 0 Å². The fourth-order valence-electron chi connectivity index (χ4n) is 2.74. The summed E-state index contributed by atoms with van der Waals surface area (Å²) in [6.07, 6.45) is 3.62. The second-order valence-corrected chi connectivity index (χ2v) is 7.23. The minimum absolute atomic E-state index is 0.0234. The maximum absolute atomic E-state index is 12.5. The number of nitriles is 1. The van der Waals surface area contributed by atoms with E-state index in [4.69, 9.17) is 5.26 Å². The lowest BCUT2D eigenvalue weighted by molar-refractivity contribution is 0.342. The third kappa shape index (κ3) is 3.82. The zero-order valence-corrected chi connectivity index (χ0v) is 13.2. The van der Waals surface area contributed by atoms with Crippen LogP contribution in [0.3, 0.4) is 0 Å². The van der Waals surface area contributed by atoms with Crippen molar-refractivity contribution >= 4 is 10.0 Å². The summed E-state index contributed by atoms with van der Waals surface area (Å²) in [7, 11) is -1.63. The SMILES string of the molecule is CNC1CCC(NS(=O)(=O)c2cc(C#N)ccc2C)CC1. The quantitative estimate of drug-likeness (QED) is 0.886. The molecule has 2 N–H and O–H groups in total. The summed E-state index contributed by atoms with van der Waals surface area (Å²) in [5, 5.41) is 12.2. The number of nitrogens with zero attached hydrogens (tertiary/aromatic N) is 1. The zero-order chi connectivity index (χ0) is 15.5. The third-order valence-corrected chi connectivity index (χ3v) is 5.73. The molecule has 1 fully saturated rings. The Morgan fingerprint density at radius 2 is 1.81 bits per heavy atom. The minimum Gasteiger partial charge on any atom is -0.317 e. The van der Waals surface area contributed by atoms with Gasteiger partial charge in [-0.15, -0.1) is 0 Å². The van der Waals surface area contributed by atoms with Gasteiger partial charge in [0.05, 0.1) is 16.5 Å². The number of benzene rings is 1. The first kappa shape index (κ1) is 16.0. The lowest BCUT2D eigenvalue weighted by Gasteiger charge is -2.28. The molecule has 0 aliphatic heterocycles. The van der Waals surface area contributed by atoms with E-state index in [1.54, 1.807) is 19.1 Å². The van der Waals surface area contributed by atoms with Crippen molar-refractivity contribution in [1.29, 1.82) is 5.26 Å². The Morgan fingerprint density at radius 1 is 1.19 bits per heavy atom. The Balaban J connectivity index is 2.14. The van der Waals surface area contributed by atoms with Gasteiger partial charge in [0.25, 0.3) is 0 Å². The van der Waals surface area contributed by atoms with Crippen LogP contribution >= 0.6 is 0 Å². The number of rotatable bonds is 4. The normalized spacial score (nSPS) is 22.7. The fraction of sp³-hybridized carbons (Fsp3) is 0.533. The first-order chi connectivity index (χ1) is 9.96. The minimum atomic E-state index is -3.57. The maximum atomic E-state index is 12.5. The zero-order valence-electron chi connectivity index (χ0n) is 12.4. The molecular weight excluding hydrogens is 286 g/mol. The van der Waals surface area contributed by atoms with Crippen LogP contribution in [0.25, 0.3) is 0 Å². The predicted molar refractivity (Wildman–Crippen MR) is 81.3 cm³/mol. The van der Waals surface area contributed by atoms with Gasteiger partial charge in [0.2, 0.25) is 10.0 Å². The van der Waals surface area contributed by atoms with Crippen LogP contribution in [0.2, 0.25) is 0 Å². The summed E-state index contributed by atoms with van der Waals surface area (Å²) in [6, 6.07) is 7.19. The van der Waals surface area contributed by atoms with Crippen molar-refractivity contribution in [3.05, 3.63) is 29.3 Å². The molecule has 0 unspecified atom stereocenters. The van der Waals surface area contributed by atoms with E-state index in [0.29, 0.717) is 17.2 Å². The molecule has 0 saturated heterocycles. The molecule has 0 atom stereocenters. The molecule has 0 amide bonds. The summed E-state index contributed by atoms with van der Waals surface area (Å²) in [5.41, 5.74) is 1.02. The van der Waals surface area contributed by atoms with E-state index < -0.39 is 10.0 Å². The summed E-state index contributed by atoms with van der Waals surface area (Å²) in [5.74, 6) is 0. The smallest absolute Gasteiger partial charge is 0.241 e. The van der Waals surface area contributed by atoms with E-state index in [9.17, 15) is 8.42 Å².